The Morgan fingerprint density at radius 2 is 1.91 bits per heavy atom. The number of fused-ring (bicyclic) bond motifs is 3. The zero-order valence-electron chi connectivity index (χ0n) is 19.8. The van der Waals surface area contributed by atoms with Crippen molar-refractivity contribution in [1.29, 1.82) is 0 Å². The van der Waals surface area contributed by atoms with Gasteiger partial charge in [-0.3, -0.25) is 0 Å². The van der Waals surface area contributed by atoms with Gasteiger partial charge in [-0.2, -0.15) is 5.11 Å². The van der Waals surface area contributed by atoms with E-state index in [1.807, 2.05) is 18.6 Å². The lowest BCUT2D eigenvalue weighted by molar-refractivity contribution is 0.0969. The molecule has 1 atom stereocenters. The number of hydrogen-bond donors (Lipinski definition) is 2. The van der Waals surface area contributed by atoms with Crippen molar-refractivity contribution in [3.63, 3.8) is 0 Å². The van der Waals surface area contributed by atoms with Crippen LogP contribution in [0.5, 0.6) is 5.75 Å². The van der Waals surface area contributed by atoms with E-state index < -0.39 is 0 Å². The van der Waals surface area contributed by atoms with Crippen LogP contribution in [0.15, 0.2) is 46.8 Å². The van der Waals surface area contributed by atoms with Crippen LogP contribution in [0.25, 0.3) is 11.3 Å². The average Bonchev–Trinajstić information content (AvgIpc) is 3.20. The van der Waals surface area contributed by atoms with E-state index in [1.54, 1.807) is 0 Å². The fraction of sp³-hybridized carbons (Fsp3) is 0.560. The molecule has 0 bridgehead atoms. The Morgan fingerprint density at radius 1 is 1.16 bits per heavy atom. The van der Waals surface area contributed by atoms with Gasteiger partial charge in [0.05, 0.1) is 18.2 Å². The van der Waals surface area contributed by atoms with Crippen LogP contribution < -0.4 is 5.32 Å². The predicted octanol–water partition coefficient (Wildman–Crippen LogP) is 4.79. The van der Waals surface area contributed by atoms with E-state index >= 15 is 0 Å². The van der Waals surface area contributed by atoms with Gasteiger partial charge < -0.3 is 19.9 Å². The van der Waals surface area contributed by atoms with Crippen LogP contribution in [0.1, 0.15) is 64.1 Å². The maximum absolute atomic E-state index is 10.7. The Morgan fingerprint density at radius 3 is 2.59 bits per heavy atom. The molecule has 7 nitrogen and oxygen atoms in total. The second-order valence-corrected chi connectivity index (χ2v) is 10.9. The Labute approximate surface area is 190 Å². The summed E-state index contributed by atoms with van der Waals surface area (Å²) in [6.45, 7) is 9.98. The van der Waals surface area contributed by atoms with Crippen LogP contribution in [0.4, 0.5) is 0 Å². The molecule has 2 aromatic rings. The highest BCUT2D eigenvalue weighted by Crippen LogP contribution is 2.40. The quantitative estimate of drug-likeness (QED) is 0.728. The first-order chi connectivity index (χ1) is 15.1. The summed E-state index contributed by atoms with van der Waals surface area (Å²) >= 11 is 0. The van der Waals surface area contributed by atoms with Crippen molar-refractivity contribution in [3.8, 4) is 17.0 Å². The Bertz CT molecular complexity index is 1080. The molecule has 7 heteroatoms. The minimum atomic E-state index is -0.170. The summed E-state index contributed by atoms with van der Waals surface area (Å²) in [7, 11) is 2.13. The molecule has 32 heavy (non-hydrogen) atoms. The molecular formula is C25H34N6O. The maximum Gasteiger partial charge on any atom is 0.146 e. The summed E-state index contributed by atoms with van der Waals surface area (Å²) in [5.41, 5.74) is 4.41. The summed E-state index contributed by atoms with van der Waals surface area (Å²) in [5.74, 6) is 1.24. The first kappa shape index (κ1) is 21.2. The molecule has 1 aromatic carbocycles. The van der Waals surface area contributed by atoms with Crippen LogP contribution in [0.3, 0.4) is 0 Å². The number of aryl methyl sites for hydroxylation is 2. The summed E-state index contributed by atoms with van der Waals surface area (Å²) in [6.07, 6.45) is 9.69. The molecule has 5 rings (SSSR count). The number of benzene rings is 1. The highest BCUT2D eigenvalue weighted by molar-refractivity contribution is 5.68. The lowest BCUT2D eigenvalue weighted by atomic mass is 9.79. The number of aromatic nitrogens is 2. The van der Waals surface area contributed by atoms with E-state index in [4.69, 9.17) is 0 Å². The monoisotopic (exact) mass is 434 g/mol. The fourth-order valence-electron chi connectivity index (χ4n) is 5.89. The maximum atomic E-state index is 10.7. The number of nitrogens with one attached hydrogen (secondary N) is 1. The predicted molar refractivity (Wildman–Crippen MR) is 125 cm³/mol. The van der Waals surface area contributed by atoms with Crippen LogP contribution in [0.2, 0.25) is 0 Å². The van der Waals surface area contributed by atoms with Crippen LogP contribution >= 0.6 is 0 Å². The van der Waals surface area contributed by atoms with Gasteiger partial charge in [0.2, 0.25) is 0 Å². The highest BCUT2D eigenvalue weighted by atomic mass is 16.3. The summed E-state index contributed by atoms with van der Waals surface area (Å²) in [4.78, 5) is 6.59. The number of piperidine rings is 1. The number of phenols is 1. The SMILES string of the molecule is CN(C1=CCC(c2cc3c(cc2O)CCn2cncc2-3)N=N1)C1CC(C)(C)NC(C)(C)C1. The molecule has 3 aliphatic heterocycles. The number of azo groups is 1. The normalized spacial score (nSPS) is 23.9. The second-order valence-electron chi connectivity index (χ2n) is 10.9. The first-order valence-corrected chi connectivity index (χ1v) is 11.6. The Kier molecular flexibility index (Phi) is 4.93. The minimum Gasteiger partial charge on any atom is -0.508 e. The molecule has 4 heterocycles. The number of rotatable bonds is 3. The molecule has 1 aromatic heterocycles. The summed E-state index contributed by atoms with van der Waals surface area (Å²) in [6, 6.07) is 4.22. The molecular weight excluding hydrogens is 400 g/mol. The van der Waals surface area contributed by atoms with Gasteiger partial charge in [0.25, 0.3) is 0 Å². The smallest absolute Gasteiger partial charge is 0.146 e. The summed E-state index contributed by atoms with van der Waals surface area (Å²) < 4.78 is 2.17. The minimum absolute atomic E-state index is 0.0804. The molecule has 3 aliphatic rings. The van der Waals surface area contributed by atoms with E-state index in [1.165, 1.54) is 5.56 Å². The van der Waals surface area contributed by atoms with Gasteiger partial charge in [0, 0.05) is 41.8 Å². The van der Waals surface area contributed by atoms with E-state index in [0.717, 1.165) is 54.9 Å². The van der Waals surface area contributed by atoms with Gasteiger partial charge in [-0.1, -0.05) is 0 Å². The molecule has 0 aliphatic carbocycles. The zero-order valence-corrected chi connectivity index (χ0v) is 19.8. The van der Waals surface area contributed by atoms with Crippen LogP contribution in [0, 0.1) is 0 Å². The number of phenolic OH excluding ortho intramolecular Hbond substituents is 1. The Hall–Kier alpha value is -2.67. The second kappa shape index (κ2) is 7.44. The van der Waals surface area contributed by atoms with Gasteiger partial charge in [-0.25, -0.2) is 4.98 Å². The third-order valence-corrected chi connectivity index (χ3v) is 7.12. The van der Waals surface area contributed by atoms with Gasteiger partial charge >= 0.3 is 0 Å². The number of imidazole rings is 1. The topological polar surface area (TPSA) is 78.0 Å². The lowest BCUT2D eigenvalue weighted by Gasteiger charge is -2.49. The molecule has 0 radical (unpaired) electrons. The molecule has 0 saturated carbocycles. The molecule has 1 saturated heterocycles. The number of hydrogen-bond acceptors (Lipinski definition) is 6. The van der Waals surface area contributed by atoms with Crippen LogP contribution in [-0.4, -0.2) is 43.7 Å². The first-order valence-electron chi connectivity index (χ1n) is 11.6. The molecule has 2 N–H and O–H groups in total. The summed E-state index contributed by atoms with van der Waals surface area (Å²) in [5, 5.41) is 23.7. The van der Waals surface area contributed by atoms with Crippen molar-refractivity contribution in [1.82, 2.24) is 19.8 Å². The average molecular weight is 435 g/mol. The van der Waals surface area contributed by atoms with E-state index in [2.05, 4.69) is 76.9 Å². The highest BCUT2D eigenvalue weighted by Gasteiger charge is 2.40. The van der Waals surface area contributed by atoms with E-state index in [-0.39, 0.29) is 17.1 Å². The van der Waals surface area contributed by atoms with Gasteiger partial charge in [0.1, 0.15) is 17.6 Å². The molecule has 0 spiro atoms. The lowest BCUT2D eigenvalue weighted by Crippen LogP contribution is -2.61. The van der Waals surface area contributed by atoms with Gasteiger partial charge in [-0.05, 0) is 77.2 Å². The largest absolute Gasteiger partial charge is 0.508 e. The van der Waals surface area contributed by atoms with E-state index in [9.17, 15) is 5.11 Å². The van der Waals surface area contributed by atoms with Gasteiger partial charge in [0.15, 0.2) is 0 Å². The zero-order chi connectivity index (χ0) is 22.7. The third-order valence-electron chi connectivity index (χ3n) is 7.12. The van der Waals surface area contributed by atoms with Crippen LogP contribution in [-0.2, 0) is 13.0 Å². The standard InChI is InChI=1S/C25H34N6O/c1-24(2)12-17(13-25(3,4)29-24)30(5)23-7-6-20(27-28-23)19-11-18-16(10-22(19)32)8-9-31-15-26-14-21(18)31/h7,10-11,14-15,17,20,29,32H,6,8-9,12-13H2,1-5H3. The van der Waals surface area contributed by atoms with Crippen molar-refractivity contribution in [2.45, 2.75) is 83.1 Å². The number of nitrogens with zero attached hydrogens (tertiary/aromatic N) is 5. The molecule has 0 amide bonds. The molecule has 170 valence electrons. The van der Waals surface area contributed by atoms with Crippen molar-refractivity contribution in [3.05, 3.63) is 47.7 Å². The van der Waals surface area contributed by atoms with Gasteiger partial charge in [-0.15, -0.1) is 5.11 Å². The van der Waals surface area contributed by atoms with Crippen molar-refractivity contribution >= 4 is 0 Å². The number of aromatic hydroxyl groups is 1. The molecule has 1 fully saturated rings. The van der Waals surface area contributed by atoms with Crippen molar-refractivity contribution in [2.24, 2.45) is 10.2 Å². The third kappa shape index (κ3) is 3.83. The molecule has 1 unspecified atom stereocenters. The Balaban J connectivity index is 1.35. The van der Waals surface area contributed by atoms with Crippen molar-refractivity contribution < 1.29 is 5.11 Å². The van der Waals surface area contributed by atoms with E-state index in [0.29, 0.717) is 11.8 Å². The van der Waals surface area contributed by atoms with Crippen molar-refractivity contribution in [2.75, 3.05) is 7.05 Å². The fourth-order valence-corrected chi connectivity index (χ4v) is 5.89.